The van der Waals surface area contributed by atoms with Gasteiger partial charge < -0.3 is 10.6 Å². The minimum atomic E-state index is 0.218. The molecule has 2 aromatic rings. The minimum absolute atomic E-state index is 0.218. The Bertz CT molecular complexity index is 615. The Labute approximate surface area is 130 Å². The number of aryl methyl sites for hydroxylation is 1. The molecule has 6 heteroatoms. The maximum atomic E-state index is 11.9. The molecule has 0 aromatic carbocycles. The average Bonchev–Trinajstić information content (AvgIpc) is 2.52. The second-order valence-electron chi connectivity index (χ2n) is 5.08. The largest absolute Gasteiger partial charge is 0.373 e. The number of hydrogen-bond donors (Lipinski definition) is 2. The third kappa shape index (κ3) is 5.12. The fraction of sp³-hybridized carbons (Fsp3) is 0.375. The summed E-state index contributed by atoms with van der Waals surface area (Å²) in [4.78, 5) is 24.5. The first-order valence-corrected chi connectivity index (χ1v) is 7.35. The van der Waals surface area contributed by atoms with Gasteiger partial charge in [0.15, 0.2) is 0 Å². The highest BCUT2D eigenvalue weighted by Gasteiger charge is 2.05. The van der Waals surface area contributed by atoms with Crippen molar-refractivity contribution in [2.75, 3.05) is 24.2 Å². The van der Waals surface area contributed by atoms with Crippen LogP contribution in [0.2, 0.25) is 0 Å². The van der Waals surface area contributed by atoms with Crippen LogP contribution in [0.1, 0.15) is 24.1 Å². The van der Waals surface area contributed by atoms with Crippen LogP contribution in [-0.4, -0.2) is 34.3 Å². The molecular formula is C16H21N5O. The molecule has 2 N–H and O–H groups in total. The zero-order valence-electron chi connectivity index (χ0n) is 13.0. The van der Waals surface area contributed by atoms with Crippen LogP contribution in [0.3, 0.4) is 0 Å². The van der Waals surface area contributed by atoms with Crippen LogP contribution in [0.5, 0.6) is 0 Å². The Morgan fingerprint density at radius 1 is 1.32 bits per heavy atom. The zero-order valence-corrected chi connectivity index (χ0v) is 13.0. The van der Waals surface area contributed by atoms with E-state index in [1.165, 1.54) is 0 Å². The van der Waals surface area contributed by atoms with E-state index in [4.69, 9.17) is 0 Å². The molecule has 0 radical (unpaired) electrons. The van der Waals surface area contributed by atoms with Crippen molar-refractivity contribution in [3.63, 3.8) is 0 Å². The molecule has 0 aliphatic rings. The maximum Gasteiger partial charge on any atom is 0.224 e. The van der Waals surface area contributed by atoms with E-state index in [1.807, 2.05) is 32.2 Å². The second kappa shape index (κ2) is 8.07. The van der Waals surface area contributed by atoms with Gasteiger partial charge in [-0.15, -0.1) is 0 Å². The zero-order chi connectivity index (χ0) is 15.8. The smallest absolute Gasteiger partial charge is 0.224 e. The Kier molecular flexibility index (Phi) is 5.82. The number of carbonyl (C=O) groups excluding carboxylic acids is 1. The lowest BCUT2D eigenvalue weighted by molar-refractivity contribution is -0.118. The lowest BCUT2D eigenvalue weighted by Crippen LogP contribution is -2.10. The van der Waals surface area contributed by atoms with Crippen LogP contribution in [0.4, 0.5) is 11.8 Å². The Balaban J connectivity index is 1.73. The van der Waals surface area contributed by atoms with E-state index < -0.39 is 0 Å². The van der Waals surface area contributed by atoms with Gasteiger partial charge in [0.05, 0.1) is 0 Å². The number of rotatable bonds is 8. The maximum absolute atomic E-state index is 11.9. The number of aromatic nitrogens is 3. The van der Waals surface area contributed by atoms with Crippen molar-refractivity contribution >= 4 is 17.5 Å². The molecule has 116 valence electrons. The molecule has 2 aromatic heterocycles. The van der Waals surface area contributed by atoms with Crippen molar-refractivity contribution in [1.82, 2.24) is 15.0 Å². The van der Waals surface area contributed by atoms with Gasteiger partial charge in [0.2, 0.25) is 5.95 Å². The second-order valence-corrected chi connectivity index (χ2v) is 5.08. The van der Waals surface area contributed by atoms with Gasteiger partial charge in [-0.1, -0.05) is 6.07 Å². The normalized spacial score (nSPS) is 10.3. The van der Waals surface area contributed by atoms with E-state index in [2.05, 4.69) is 25.6 Å². The lowest BCUT2D eigenvalue weighted by atomic mass is 10.1. The summed E-state index contributed by atoms with van der Waals surface area (Å²) in [6, 6.07) is 5.64. The summed E-state index contributed by atoms with van der Waals surface area (Å²) in [7, 11) is 1.82. The number of pyridine rings is 1. The van der Waals surface area contributed by atoms with Crippen LogP contribution < -0.4 is 10.6 Å². The Morgan fingerprint density at radius 2 is 2.18 bits per heavy atom. The van der Waals surface area contributed by atoms with Crippen LogP contribution in [0.15, 0.2) is 30.6 Å². The molecule has 0 amide bonds. The summed E-state index contributed by atoms with van der Waals surface area (Å²) in [6.07, 6.45) is 5.17. The highest BCUT2D eigenvalue weighted by Crippen LogP contribution is 2.09. The summed E-state index contributed by atoms with van der Waals surface area (Å²) in [5.41, 5.74) is 1.86. The van der Waals surface area contributed by atoms with Crippen molar-refractivity contribution in [3.8, 4) is 0 Å². The number of anilines is 2. The molecule has 0 unspecified atom stereocenters. The van der Waals surface area contributed by atoms with Gasteiger partial charge in [-0.25, -0.2) is 4.98 Å². The van der Waals surface area contributed by atoms with Crippen molar-refractivity contribution in [2.24, 2.45) is 0 Å². The minimum Gasteiger partial charge on any atom is -0.373 e. The van der Waals surface area contributed by atoms with Gasteiger partial charge >= 0.3 is 0 Å². The summed E-state index contributed by atoms with van der Waals surface area (Å²) in [6.45, 7) is 2.59. The summed E-state index contributed by atoms with van der Waals surface area (Å²) < 4.78 is 0. The predicted molar refractivity (Wildman–Crippen MR) is 87.0 cm³/mol. The number of nitrogens with one attached hydrogen (secondary N) is 2. The summed E-state index contributed by atoms with van der Waals surface area (Å²) >= 11 is 0. The Morgan fingerprint density at radius 3 is 2.91 bits per heavy atom. The highest BCUT2D eigenvalue weighted by atomic mass is 16.1. The molecule has 0 saturated heterocycles. The highest BCUT2D eigenvalue weighted by molar-refractivity contribution is 5.80. The molecule has 0 fully saturated rings. The number of carbonyl (C=O) groups is 1. The lowest BCUT2D eigenvalue weighted by Gasteiger charge is -2.07. The van der Waals surface area contributed by atoms with Gasteiger partial charge in [0.1, 0.15) is 11.6 Å². The van der Waals surface area contributed by atoms with E-state index >= 15 is 0 Å². The SMILES string of the molecule is CNc1cc(C)nc(NCCCC(=O)Cc2cccnc2)n1. The van der Waals surface area contributed by atoms with Crippen LogP contribution in [-0.2, 0) is 11.2 Å². The third-order valence-electron chi connectivity index (χ3n) is 3.15. The van der Waals surface area contributed by atoms with Crippen molar-refractivity contribution in [2.45, 2.75) is 26.2 Å². The molecule has 22 heavy (non-hydrogen) atoms. The fourth-order valence-electron chi connectivity index (χ4n) is 2.08. The monoisotopic (exact) mass is 299 g/mol. The number of Topliss-reactive ketones (excluding diaryl/α,β-unsaturated/α-hetero) is 1. The first-order valence-electron chi connectivity index (χ1n) is 7.35. The van der Waals surface area contributed by atoms with Gasteiger partial charge in [-0.05, 0) is 25.0 Å². The Hall–Kier alpha value is -2.50. The van der Waals surface area contributed by atoms with Gasteiger partial charge in [-0.2, -0.15) is 4.98 Å². The van der Waals surface area contributed by atoms with Gasteiger partial charge in [-0.3, -0.25) is 9.78 Å². The standard InChI is InChI=1S/C16H21N5O/c1-12-9-15(17-2)21-16(20-12)19-8-4-6-14(22)10-13-5-3-7-18-11-13/h3,5,7,9,11H,4,6,8,10H2,1-2H3,(H2,17,19,20,21). The molecule has 2 heterocycles. The molecule has 0 aliphatic carbocycles. The fourth-order valence-corrected chi connectivity index (χ4v) is 2.08. The average molecular weight is 299 g/mol. The van der Waals surface area contributed by atoms with Crippen molar-refractivity contribution in [1.29, 1.82) is 0 Å². The summed E-state index contributed by atoms with van der Waals surface area (Å²) in [5.74, 6) is 1.59. The first kappa shape index (κ1) is 15.9. The number of nitrogens with zero attached hydrogens (tertiary/aromatic N) is 3. The quantitative estimate of drug-likeness (QED) is 0.728. The van der Waals surface area contributed by atoms with Gasteiger partial charge in [0.25, 0.3) is 0 Å². The number of ketones is 1. The van der Waals surface area contributed by atoms with E-state index in [0.717, 1.165) is 23.5 Å². The van der Waals surface area contributed by atoms with E-state index in [1.54, 1.807) is 12.4 Å². The van der Waals surface area contributed by atoms with Crippen LogP contribution in [0, 0.1) is 6.92 Å². The molecule has 0 saturated carbocycles. The molecule has 0 bridgehead atoms. The van der Waals surface area contributed by atoms with Crippen LogP contribution in [0.25, 0.3) is 0 Å². The topological polar surface area (TPSA) is 79.8 Å². The van der Waals surface area contributed by atoms with E-state index in [-0.39, 0.29) is 5.78 Å². The molecule has 6 nitrogen and oxygen atoms in total. The van der Waals surface area contributed by atoms with E-state index in [0.29, 0.717) is 25.3 Å². The molecule has 0 atom stereocenters. The predicted octanol–water partition coefficient (Wildman–Crippen LogP) is 2.23. The van der Waals surface area contributed by atoms with E-state index in [9.17, 15) is 4.79 Å². The number of hydrogen-bond acceptors (Lipinski definition) is 6. The molecule has 0 aliphatic heterocycles. The molecular weight excluding hydrogens is 278 g/mol. The van der Waals surface area contributed by atoms with Crippen molar-refractivity contribution < 1.29 is 4.79 Å². The van der Waals surface area contributed by atoms with Gasteiger partial charge in [0, 0.05) is 50.6 Å². The van der Waals surface area contributed by atoms with Crippen LogP contribution >= 0.6 is 0 Å². The third-order valence-corrected chi connectivity index (χ3v) is 3.15. The molecule has 2 rings (SSSR count). The first-order chi connectivity index (χ1) is 10.7. The molecule has 0 spiro atoms. The summed E-state index contributed by atoms with van der Waals surface area (Å²) in [5, 5.41) is 6.15. The van der Waals surface area contributed by atoms with Crippen molar-refractivity contribution in [3.05, 3.63) is 41.9 Å².